The van der Waals surface area contributed by atoms with Crippen molar-refractivity contribution in [2.45, 2.75) is 0 Å². The maximum absolute atomic E-state index is 12.3. The third-order valence-electron chi connectivity index (χ3n) is 3.48. The smallest absolute Gasteiger partial charge is 0.259 e. The van der Waals surface area contributed by atoms with Crippen molar-refractivity contribution in [3.05, 3.63) is 62.2 Å². The molecule has 0 aliphatic carbocycles. The molecule has 0 aliphatic rings. The van der Waals surface area contributed by atoms with E-state index in [4.69, 9.17) is 23.2 Å². The summed E-state index contributed by atoms with van der Waals surface area (Å²) in [5.41, 5.74) is 1.15. The number of aromatic amines is 1. The lowest BCUT2D eigenvalue weighted by atomic mass is 10.1. The Morgan fingerprint density at radius 3 is 2.82 bits per heavy atom. The zero-order valence-electron chi connectivity index (χ0n) is 11.1. The normalized spacial score (nSPS) is 11.4. The molecule has 0 saturated heterocycles. The minimum atomic E-state index is -0.205. The molecule has 2 aromatic heterocycles. The molecule has 6 heteroatoms. The highest BCUT2D eigenvalue weighted by Gasteiger charge is 2.12. The van der Waals surface area contributed by atoms with Crippen LogP contribution in [0, 0.1) is 0 Å². The summed E-state index contributed by atoms with van der Waals surface area (Å²) in [7, 11) is 0. The van der Waals surface area contributed by atoms with E-state index in [1.807, 2.05) is 23.6 Å². The van der Waals surface area contributed by atoms with E-state index >= 15 is 0 Å². The second kappa shape index (κ2) is 5.09. The molecule has 4 rings (SSSR count). The molecule has 0 aliphatic heterocycles. The molecule has 2 heterocycles. The van der Waals surface area contributed by atoms with Crippen LogP contribution < -0.4 is 5.56 Å². The maximum atomic E-state index is 12.3. The Kier molecular flexibility index (Phi) is 3.18. The molecule has 0 unspecified atom stereocenters. The summed E-state index contributed by atoms with van der Waals surface area (Å²) in [6, 6.07) is 10.8. The van der Waals surface area contributed by atoms with Gasteiger partial charge in [0.25, 0.3) is 5.56 Å². The molecule has 0 amide bonds. The van der Waals surface area contributed by atoms with Crippen LogP contribution in [-0.4, -0.2) is 9.97 Å². The third-order valence-corrected chi connectivity index (χ3v) is 4.98. The fourth-order valence-corrected chi connectivity index (χ4v) is 3.75. The molecule has 0 atom stereocenters. The fourth-order valence-electron chi connectivity index (χ4n) is 2.44. The summed E-state index contributed by atoms with van der Waals surface area (Å²) >= 11 is 13.8. The standard InChI is InChI=1S/C16H8Cl2N2OS/c17-8-4-5-13-10(6-8)11(7-22-13)15-19-14-9(16(21)20-15)2-1-3-12(14)18/h1-7H,(H,19,20,21). The van der Waals surface area contributed by atoms with Crippen molar-refractivity contribution in [2.75, 3.05) is 0 Å². The first-order chi connectivity index (χ1) is 10.6. The molecule has 1 N–H and O–H groups in total. The average molecular weight is 347 g/mol. The zero-order chi connectivity index (χ0) is 15.3. The van der Waals surface area contributed by atoms with E-state index < -0.39 is 0 Å². The Morgan fingerprint density at radius 2 is 1.95 bits per heavy atom. The summed E-state index contributed by atoms with van der Waals surface area (Å²) in [5.74, 6) is 0.499. The average Bonchev–Trinajstić information content (AvgIpc) is 2.91. The Hall–Kier alpha value is -1.88. The number of hydrogen-bond acceptors (Lipinski definition) is 3. The van der Waals surface area contributed by atoms with Crippen LogP contribution in [0.3, 0.4) is 0 Å². The number of fused-ring (bicyclic) bond motifs is 2. The number of thiophene rings is 1. The molecule has 0 fully saturated rings. The lowest BCUT2D eigenvalue weighted by Crippen LogP contribution is -2.09. The van der Waals surface area contributed by atoms with Gasteiger partial charge in [0, 0.05) is 26.1 Å². The van der Waals surface area contributed by atoms with Gasteiger partial charge >= 0.3 is 0 Å². The molecule has 4 aromatic rings. The number of nitrogens with zero attached hydrogens (tertiary/aromatic N) is 1. The Balaban J connectivity index is 2.06. The quantitative estimate of drug-likeness (QED) is 0.520. The number of aromatic nitrogens is 2. The highest BCUT2D eigenvalue weighted by Crippen LogP contribution is 2.34. The highest BCUT2D eigenvalue weighted by molar-refractivity contribution is 7.17. The minimum absolute atomic E-state index is 0.205. The van der Waals surface area contributed by atoms with Crippen LogP contribution in [0.4, 0.5) is 0 Å². The number of H-pyrrole nitrogens is 1. The van der Waals surface area contributed by atoms with E-state index in [1.165, 1.54) is 0 Å². The minimum Gasteiger partial charge on any atom is -0.306 e. The van der Waals surface area contributed by atoms with E-state index in [1.54, 1.807) is 29.5 Å². The van der Waals surface area contributed by atoms with Gasteiger partial charge in [-0.05, 0) is 30.3 Å². The van der Waals surface area contributed by atoms with Gasteiger partial charge < -0.3 is 4.98 Å². The molecule has 0 bridgehead atoms. The van der Waals surface area contributed by atoms with Gasteiger partial charge in [0.15, 0.2) is 0 Å². The highest BCUT2D eigenvalue weighted by atomic mass is 35.5. The molecule has 0 spiro atoms. The molecule has 22 heavy (non-hydrogen) atoms. The van der Waals surface area contributed by atoms with Crippen LogP contribution in [0.15, 0.2) is 46.6 Å². The summed E-state index contributed by atoms with van der Waals surface area (Å²) < 4.78 is 1.08. The van der Waals surface area contributed by atoms with Crippen molar-refractivity contribution in [1.82, 2.24) is 9.97 Å². The van der Waals surface area contributed by atoms with Crippen LogP contribution in [0.5, 0.6) is 0 Å². The van der Waals surface area contributed by atoms with Crippen LogP contribution >= 0.6 is 34.5 Å². The van der Waals surface area contributed by atoms with Gasteiger partial charge in [-0.2, -0.15) is 0 Å². The fraction of sp³-hybridized carbons (Fsp3) is 0. The molecule has 2 aromatic carbocycles. The summed E-state index contributed by atoms with van der Waals surface area (Å²) in [6.45, 7) is 0. The first-order valence-corrected chi connectivity index (χ1v) is 8.13. The SMILES string of the molecule is O=c1[nH]c(-c2csc3ccc(Cl)cc23)nc2c(Cl)cccc12. The molecule has 0 saturated carbocycles. The first kappa shape index (κ1) is 13.8. The van der Waals surface area contributed by atoms with Crippen molar-refractivity contribution in [2.24, 2.45) is 0 Å². The predicted octanol–water partition coefficient (Wildman–Crippen LogP) is 5.11. The van der Waals surface area contributed by atoms with Crippen LogP contribution in [0.25, 0.3) is 32.4 Å². The number of hydrogen-bond donors (Lipinski definition) is 1. The van der Waals surface area contributed by atoms with Gasteiger partial charge in [0.1, 0.15) is 5.82 Å². The summed E-state index contributed by atoms with van der Waals surface area (Å²) in [5, 5.41) is 4.51. The van der Waals surface area contributed by atoms with Gasteiger partial charge in [-0.15, -0.1) is 11.3 Å². The second-order valence-electron chi connectivity index (χ2n) is 4.84. The van der Waals surface area contributed by atoms with Gasteiger partial charge in [-0.25, -0.2) is 4.98 Å². The Morgan fingerprint density at radius 1 is 1.09 bits per heavy atom. The van der Waals surface area contributed by atoms with Crippen molar-refractivity contribution in [1.29, 1.82) is 0 Å². The number of nitrogens with one attached hydrogen (secondary N) is 1. The van der Waals surface area contributed by atoms with Crippen LogP contribution in [-0.2, 0) is 0 Å². The van der Waals surface area contributed by atoms with E-state index in [2.05, 4.69) is 9.97 Å². The Bertz CT molecular complexity index is 1080. The van der Waals surface area contributed by atoms with Gasteiger partial charge in [0.05, 0.1) is 15.9 Å². The number of para-hydroxylation sites is 1. The van der Waals surface area contributed by atoms with Gasteiger partial charge in [-0.3, -0.25) is 4.79 Å². The summed E-state index contributed by atoms with van der Waals surface area (Å²) in [6.07, 6.45) is 0. The lowest BCUT2D eigenvalue weighted by molar-refractivity contribution is 1.19. The van der Waals surface area contributed by atoms with Crippen molar-refractivity contribution >= 4 is 55.5 Å². The largest absolute Gasteiger partial charge is 0.306 e. The first-order valence-electron chi connectivity index (χ1n) is 6.49. The van der Waals surface area contributed by atoms with E-state index in [0.29, 0.717) is 26.8 Å². The molecule has 0 radical (unpaired) electrons. The number of benzene rings is 2. The van der Waals surface area contributed by atoms with Crippen LogP contribution in [0.1, 0.15) is 0 Å². The number of rotatable bonds is 1. The lowest BCUT2D eigenvalue weighted by Gasteiger charge is -2.04. The molecular formula is C16H8Cl2N2OS. The topological polar surface area (TPSA) is 45.8 Å². The monoisotopic (exact) mass is 346 g/mol. The molecule has 108 valence electrons. The maximum Gasteiger partial charge on any atom is 0.259 e. The molecule has 3 nitrogen and oxygen atoms in total. The van der Waals surface area contributed by atoms with Crippen molar-refractivity contribution < 1.29 is 0 Å². The van der Waals surface area contributed by atoms with E-state index in [-0.39, 0.29) is 5.56 Å². The number of halogens is 2. The zero-order valence-corrected chi connectivity index (χ0v) is 13.4. The van der Waals surface area contributed by atoms with E-state index in [0.717, 1.165) is 15.6 Å². The third kappa shape index (κ3) is 2.11. The van der Waals surface area contributed by atoms with E-state index in [9.17, 15) is 4.79 Å². The Labute approximate surface area is 139 Å². The van der Waals surface area contributed by atoms with Gasteiger partial charge in [0.2, 0.25) is 0 Å². The van der Waals surface area contributed by atoms with Gasteiger partial charge in [-0.1, -0.05) is 29.3 Å². The van der Waals surface area contributed by atoms with Crippen molar-refractivity contribution in [3.63, 3.8) is 0 Å². The molecular weight excluding hydrogens is 339 g/mol. The van der Waals surface area contributed by atoms with Crippen molar-refractivity contribution in [3.8, 4) is 11.4 Å². The second-order valence-corrected chi connectivity index (χ2v) is 6.60. The van der Waals surface area contributed by atoms with Crippen LogP contribution in [0.2, 0.25) is 10.0 Å². The summed E-state index contributed by atoms with van der Waals surface area (Å²) in [4.78, 5) is 19.6. The predicted molar refractivity (Wildman–Crippen MR) is 93.2 cm³/mol.